The molecule has 4 heteroatoms. The quantitative estimate of drug-likeness (QED) is 0.716. The van der Waals surface area contributed by atoms with Crippen molar-refractivity contribution in [3.8, 4) is 0 Å². The molecule has 1 aromatic carbocycles. The van der Waals surface area contributed by atoms with Gasteiger partial charge in [-0.05, 0) is 37.6 Å². The van der Waals surface area contributed by atoms with Crippen molar-refractivity contribution in [1.82, 2.24) is 4.98 Å². The van der Waals surface area contributed by atoms with Gasteiger partial charge in [-0.1, -0.05) is 11.6 Å². The summed E-state index contributed by atoms with van der Waals surface area (Å²) in [6, 6.07) is 7.32. The van der Waals surface area contributed by atoms with Crippen LogP contribution in [0, 0.1) is 0 Å². The van der Waals surface area contributed by atoms with E-state index < -0.39 is 7.14 Å². The van der Waals surface area contributed by atoms with Gasteiger partial charge in [-0.25, -0.2) is 0 Å². The summed E-state index contributed by atoms with van der Waals surface area (Å²) in [5.41, 5.74) is 0.833. The van der Waals surface area contributed by atoms with Crippen LogP contribution in [-0.2, 0) is 4.57 Å². The van der Waals surface area contributed by atoms with Crippen molar-refractivity contribution in [3.63, 3.8) is 0 Å². The fraction of sp³-hybridized carbons (Fsp3) is 0.182. The molecule has 1 aromatic heterocycles. The number of aromatic nitrogens is 1. The Morgan fingerprint density at radius 2 is 2.00 bits per heavy atom. The third-order valence-corrected chi connectivity index (χ3v) is 4.15. The lowest BCUT2D eigenvalue weighted by Crippen LogP contribution is -2.02. The van der Waals surface area contributed by atoms with Gasteiger partial charge in [-0.3, -0.25) is 4.98 Å². The number of benzene rings is 1. The molecule has 0 unspecified atom stereocenters. The SMILES string of the molecule is CP(C)(=O)c1ccc2nccc(Cl)c2c1. The summed E-state index contributed by atoms with van der Waals surface area (Å²) in [4.78, 5) is 4.19. The van der Waals surface area contributed by atoms with E-state index in [1.165, 1.54) is 0 Å². The predicted molar refractivity (Wildman–Crippen MR) is 65.8 cm³/mol. The number of hydrogen-bond acceptors (Lipinski definition) is 2. The number of pyridine rings is 1. The Hall–Kier alpha value is -0.850. The Balaban J connectivity index is 2.76. The average molecular weight is 240 g/mol. The minimum Gasteiger partial charge on any atom is -0.319 e. The third-order valence-electron chi connectivity index (χ3n) is 2.29. The molecule has 0 saturated carbocycles. The van der Waals surface area contributed by atoms with E-state index in [0.717, 1.165) is 16.2 Å². The molecule has 0 bridgehead atoms. The van der Waals surface area contributed by atoms with E-state index in [1.807, 2.05) is 18.2 Å². The Labute approximate surface area is 93.7 Å². The normalized spacial score (nSPS) is 11.9. The molecule has 0 saturated heterocycles. The van der Waals surface area contributed by atoms with Crippen LogP contribution in [0.15, 0.2) is 30.5 Å². The summed E-state index contributed by atoms with van der Waals surface area (Å²) in [6.45, 7) is 3.50. The lowest BCUT2D eigenvalue weighted by molar-refractivity contribution is 0.588. The van der Waals surface area contributed by atoms with Crippen LogP contribution in [-0.4, -0.2) is 18.3 Å². The number of hydrogen-bond donors (Lipinski definition) is 0. The molecule has 78 valence electrons. The molecule has 0 spiro atoms. The molecule has 1 heterocycles. The van der Waals surface area contributed by atoms with Crippen LogP contribution in [0.25, 0.3) is 10.9 Å². The zero-order valence-corrected chi connectivity index (χ0v) is 10.2. The van der Waals surface area contributed by atoms with Crippen LogP contribution in [0.1, 0.15) is 0 Å². The second-order valence-electron chi connectivity index (χ2n) is 3.85. The number of nitrogens with zero attached hydrogens (tertiary/aromatic N) is 1. The van der Waals surface area contributed by atoms with E-state index in [9.17, 15) is 4.57 Å². The van der Waals surface area contributed by atoms with E-state index in [4.69, 9.17) is 11.6 Å². The maximum atomic E-state index is 11.9. The van der Waals surface area contributed by atoms with Crippen molar-refractivity contribution < 1.29 is 4.57 Å². The van der Waals surface area contributed by atoms with Crippen LogP contribution < -0.4 is 5.30 Å². The smallest absolute Gasteiger partial charge is 0.109 e. The molecule has 0 fully saturated rings. The molecule has 0 atom stereocenters. The van der Waals surface area contributed by atoms with Gasteiger partial charge >= 0.3 is 0 Å². The van der Waals surface area contributed by atoms with E-state index in [2.05, 4.69) is 4.98 Å². The van der Waals surface area contributed by atoms with Crippen LogP contribution >= 0.6 is 18.7 Å². The van der Waals surface area contributed by atoms with Gasteiger partial charge in [-0.2, -0.15) is 0 Å². The average Bonchev–Trinajstić information content (AvgIpc) is 2.16. The van der Waals surface area contributed by atoms with Crippen molar-refractivity contribution in [2.45, 2.75) is 0 Å². The largest absolute Gasteiger partial charge is 0.319 e. The van der Waals surface area contributed by atoms with E-state index in [0.29, 0.717) is 5.02 Å². The first-order chi connectivity index (χ1) is 6.98. The summed E-state index contributed by atoms with van der Waals surface area (Å²) in [5.74, 6) is 0. The highest BCUT2D eigenvalue weighted by Gasteiger charge is 2.12. The van der Waals surface area contributed by atoms with Crippen LogP contribution in [0.3, 0.4) is 0 Å². The number of fused-ring (bicyclic) bond motifs is 1. The summed E-state index contributed by atoms with van der Waals surface area (Å²) >= 11 is 6.05. The lowest BCUT2D eigenvalue weighted by Gasteiger charge is -2.08. The minimum absolute atomic E-state index is 0.648. The second-order valence-corrected chi connectivity index (χ2v) is 7.47. The maximum absolute atomic E-state index is 11.9. The highest BCUT2D eigenvalue weighted by molar-refractivity contribution is 7.70. The van der Waals surface area contributed by atoms with E-state index >= 15 is 0 Å². The van der Waals surface area contributed by atoms with Crippen molar-refractivity contribution in [2.75, 3.05) is 13.3 Å². The fourth-order valence-electron chi connectivity index (χ4n) is 1.44. The molecule has 2 aromatic rings. The summed E-state index contributed by atoms with van der Waals surface area (Å²) in [6.07, 6.45) is 1.67. The predicted octanol–water partition coefficient (Wildman–Crippen LogP) is 3.14. The van der Waals surface area contributed by atoms with E-state index in [1.54, 1.807) is 25.6 Å². The lowest BCUT2D eigenvalue weighted by atomic mass is 10.2. The first-order valence-corrected chi connectivity index (χ1v) is 7.56. The topological polar surface area (TPSA) is 30.0 Å². The number of halogens is 1. The first-order valence-electron chi connectivity index (χ1n) is 4.58. The highest BCUT2D eigenvalue weighted by Crippen LogP contribution is 2.36. The van der Waals surface area contributed by atoms with Crippen molar-refractivity contribution >= 4 is 35.0 Å². The van der Waals surface area contributed by atoms with Gasteiger partial charge in [0, 0.05) is 16.9 Å². The van der Waals surface area contributed by atoms with Gasteiger partial charge in [0.15, 0.2) is 0 Å². The molecule has 0 aliphatic rings. The van der Waals surface area contributed by atoms with Crippen molar-refractivity contribution in [2.24, 2.45) is 0 Å². The van der Waals surface area contributed by atoms with Gasteiger partial charge < -0.3 is 4.57 Å². The monoisotopic (exact) mass is 239 g/mol. The Kier molecular flexibility index (Phi) is 2.57. The van der Waals surface area contributed by atoms with Gasteiger partial charge in [0.2, 0.25) is 0 Å². The molecular formula is C11H11ClNOP. The second kappa shape index (κ2) is 3.62. The van der Waals surface area contributed by atoms with Crippen molar-refractivity contribution in [1.29, 1.82) is 0 Å². The molecule has 0 amide bonds. The molecule has 15 heavy (non-hydrogen) atoms. The first kappa shape index (κ1) is 10.7. The Morgan fingerprint density at radius 1 is 1.27 bits per heavy atom. The van der Waals surface area contributed by atoms with E-state index in [-0.39, 0.29) is 0 Å². The number of rotatable bonds is 1. The molecule has 0 radical (unpaired) electrons. The minimum atomic E-state index is -2.23. The van der Waals surface area contributed by atoms with Crippen molar-refractivity contribution in [3.05, 3.63) is 35.5 Å². The van der Waals surface area contributed by atoms with Gasteiger partial charge in [0.05, 0.1) is 10.5 Å². The highest BCUT2D eigenvalue weighted by atomic mass is 35.5. The van der Waals surface area contributed by atoms with Crippen LogP contribution in [0.2, 0.25) is 5.02 Å². The Morgan fingerprint density at radius 3 is 2.67 bits per heavy atom. The van der Waals surface area contributed by atoms with Gasteiger partial charge in [-0.15, -0.1) is 0 Å². The fourth-order valence-corrected chi connectivity index (χ4v) is 2.52. The van der Waals surface area contributed by atoms with Gasteiger partial charge in [0.1, 0.15) is 7.14 Å². The molecular weight excluding hydrogens is 229 g/mol. The summed E-state index contributed by atoms with van der Waals surface area (Å²) < 4.78 is 11.9. The molecule has 0 aliphatic carbocycles. The zero-order chi connectivity index (χ0) is 11.1. The zero-order valence-electron chi connectivity index (χ0n) is 8.57. The summed E-state index contributed by atoms with van der Waals surface area (Å²) in [5, 5.41) is 2.35. The standard InChI is InChI=1S/C11H11ClNOP/c1-15(2,14)8-3-4-11-9(7-8)10(12)5-6-13-11/h3-7H,1-2H3. The van der Waals surface area contributed by atoms with Crippen LogP contribution in [0.4, 0.5) is 0 Å². The maximum Gasteiger partial charge on any atom is 0.109 e. The Bertz CT molecular complexity index is 562. The molecule has 2 rings (SSSR count). The molecule has 0 aliphatic heterocycles. The third kappa shape index (κ3) is 2.06. The van der Waals surface area contributed by atoms with Gasteiger partial charge in [0.25, 0.3) is 0 Å². The van der Waals surface area contributed by atoms with Crippen LogP contribution in [0.5, 0.6) is 0 Å². The molecule has 2 nitrogen and oxygen atoms in total. The molecule has 0 N–H and O–H groups in total. The summed E-state index contributed by atoms with van der Waals surface area (Å²) in [7, 11) is -2.23.